The molecule has 0 aliphatic heterocycles. The van der Waals surface area contributed by atoms with Crippen molar-refractivity contribution in [2.75, 3.05) is 5.32 Å². The Balaban J connectivity index is 2.07. The number of rotatable bonds is 4. The minimum Gasteiger partial charge on any atom is -0.378 e. The summed E-state index contributed by atoms with van der Waals surface area (Å²) in [5.41, 5.74) is 1.55. The number of benzene rings is 1. The van der Waals surface area contributed by atoms with E-state index in [1.807, 2.05) is 0 Å². The van der Waals surface area contributed by atoms with Crippen molar-refractivity contribution in [3.05, 3.63) is 46.0 Å². The van der Waals surface area contributed by atoms with Crippen molar-refractivity contribution >= 4 is 11.4 Å². The third-order valence-corrected chi connectivity index (χ3v) is 2.32. The Morgan fingerprint density at radius 3 is 2.94 bits per heavy atom. The van der Waals surface area contributed by atoms with Crippen LogP contribution in [-0.2, 0) is 6.54 Å². The van der Waals surface area contributed by atoms with Crippen LogP contribution in [0.25, 0.3) is 0 Å². The predicted octanol–water partition coefficient (Wildman–Crippen LogP) is 1.63. The van der Waals surface area contributed by atoms with E-state index in [1.165, 1.54) is 12.4 Å². The van der Waals surface area contributed by atoms with Gasteiger partial charge in [-0.1, -0.05) is 0 Å². The van der Waals surface area contributed by atoms with E-state index in [-0.39, 0.29) is 5.69 Å². The highest BCUT2D eigenvalue weighted by molar-refractivity contribution is 5.53. The van der Waals surface area contributed by atoms with Crippen molar-refractivity contribution in [3.63, 3.8) is 0 Å². The van der Waals surface area contributed by atoms with Crippen LogP contribution in [0, 0.1) is 17.0 Å². The molecule has 2 N–H and O–H groups in total. The Bertz CT molecular complexity index is 523. The number of nitro benzene ring substituents is 1. The third-order valence-electron chi connectivity index (χ3n) is 2.32. The molecule has 0 atom stereocenters. The standard InChI is InChI=1S/C10H11N5O2/c1-7-4-8(2-3-9(7)15(16)17)11-5-10-12-6-13-14-10/h2-4,6,11H,5H2,1H3,(H,12,13,14). The van der Waals surface area contributed by atoms with Crippen molar-refractivity contribution in [3.8, 4) is 0 Å². The van der Waals surface area contributed by atoms with Crippen LogP contribution in [0.2, 0.25) is 0 Å². The lowest BCUT2D eigenvalue weighted by Gasteiger charge is -2.05. The van der Waals surface area contributed by atoms with Gasteiger partial charge in [-0.05, 0) is 19.1 Å². The lowest BCUT2D eigenvalue weighted by atomic mass is 10.2. The van der Waals surface area contributed by atoms with E-state index in [4.69, 9.17) is 0 Å². The highest BCUT2D eigenvalue weighted by Gasteiger charge is 2.09. The second kappa shape index (κ2) is 4.60. The van der Waals surface area contributed by atoms with Gasteiger partial charge in [-0.3, -0.25) is 15.2 Å². The zero-order chi connectivity index (χ0) is 12.3. The summed E-state index contributed by atoms with van der Waals surface area (Å²) in [4.78, 5) is 14.2. The molecule has 7 nitrogen and oxygen atoms in total. The van der Waals surface area contributed by atoms with E-state index < -0.39 is 4.92 Å². The minimum atomic E-state index is -0.393. The summed E-state index contributed by atoms with van der Waals surface area (Å²) in [6.07, 6.45) is 1.43. The highest BCUT2D eigenvalue weighted by atomic mass is 16.6. The number of nitrogens with zero attached hydrogens (tertiary/aromatic N) is 3. The Morgan fingerprint density at radius 1 is 1.53 bits per heavy atom. The fraction of sp³-hybridized carbons (Fsp3) is 0.200. The first-order valence-electron chi connectivity index (χ1n) is 5.00. The lowest BCUT2D eigenvalue weighted by Crippen LogP contribution is -2.02. The van der Waals surface area contributed by atoms with Crippen molar-refractivity contribution in [1.29, 1.82) is 0 Å². The maximum Gasteiger partial charge on any atom is 0.272 e. The van der Waals surface area contributed by atoms with E-state index >= 15 is 0 Å². The number of hydrogen-bond donors (Lipinski definition) is 2. The average Bonchev–Trinajstić information content (AvgIpc) is 2.78. The largest absolute Gasteiger partial charge is 0.378 e. The van der Waals surface area contributed by atoms with Crippen molar-refractivity contribution in [2.45, 2.75) is 13.5 Å². The number of hydrogen-bond acceptors (Lipinski definition) is 5. The van der Waals surface area contributed by atoms with E-state index in [1.54, 1.807) is 19.1 Å². The quantitative estimate of drug-likeness (QED) is 0.618. The smallest absolute Gasteiger partial charge is 0.272 e. The molecule has 0 spiro atoms. The molecule has 0 unspecified atom stereocenters. The molecule has 1 heterocycles. The van der Waals surface area contributed by atoms with Gasteiger partial charge in [0, 0.05) is 17.3 Å². The molecule has 2 rings (SSSR count). The number of aromatic amines is 1. The molecular formula is C10H11N5O2. The molecule has 0 radical (unpaired) electrons. The fourth-order valence-electron chi connectivity index (χ4n) is 1.47. The van der Waals surface area contributed by atoms with Crippen LogP contribution < -0.4 is 5.32 Å². The summed E-state index contributed by atoms with van der Waals surface area (Å²) in [6, 6.07) is 4.88. The van der Waals surface area contributed by atoms with E-state index in [0.29, 0.717) is 17.9 Å². The van der Waals surface area contributed by atoms with Gasteiger partial charge in [0.25, 0.3) is 5.69 Å². The van der Waals surface area contributed by atoms with Gasteiger partial charge >= 0.3 is 0 Å². The fourth-order valence-corrected chi connectivity index (χ4v) is 1.47. The van der Waals surface area contributed by atoms with Crippen LogP contribution in [-0.4, -0.2) is 20.1 Å². The Morgan fingerprint density at radius 2 is 2.35 bits per heavy atom. The Kier molecular flexibility index (Phi) is 2.99. The van der Waals surface area contributed by atoms with Gasteiger partial charge in [-0.15, -0.1) is 0 Å². The molecule has 0 amide bonds. The van der Waals surface area contributed by atoms with Crippen molar-refractivity contribution in [1.82, 2.24) is 15.2 Å². The monoisotopic (exact) mass is 233 g/mol. The zero-order valence-corrected chi connectivity index (χ0v) is 9.17. The van der Waals surface area contributed by atoms with Gasteiger partial charge in [-0.2, -0.15) is 5.10 Å². The van der Waals surface area contributed by atoms with Crippen molar-refractivity contribution in [2.24, 2.45) is 0 Å². The molecular weight excluding hydrogens is 222 g/mol. The molecule has 0 fully saturated rings. The molecule has 2 aromatic rings. The van der Waals surface area contributed by atoms with Gasteiger partial charge in [0.05, 0.1) is 11.5 Å². The molecule has 0 bridgehead atoms. The molecule has 1 aromatic carbocycles. The first-order chi connectivity index (χ1) is 8.16. The first-order valence-corrected chi connectivity index (χ1v) is 5.00. The van der Waals surface area contributed by atoms with E-state index in [0.717, 1.165) is 5.69 Å². The second-order valence-corrected chi connectivity index (χ2v) is 3.54. The lowest BCUT2D eigenvalue weighted by molar-refractivity contribution is -0.385. The molecule has 1 aromatic heterocycles. The normalized spacial score (nSPS) is 10.2. The molecule has 7 heteroatoms. The van der Waals surface area contributed by atoms with Crippen LogP contribution >= 0.6 is 0 Å². The topological polar surface area (TPSA) is 96.7 Å². The number of nitro groups is 1. The third kappa shape index (κ3) is 2.57. The molecule has 0 saturated carbocycles. The highest BCUT2D eigenvalue weighted by Crippen LogP contribution is 2.21. The van der Waals surface area contributed by atoms with E-state index in [9.17, 15) is 10.1 Å². The molecule has 88 valence electrons. The van der Waals surface area contributed by atoms with Gasteiger partial charge in [0.1, 0.15) is 12.2 Å². The summed E-state index contributed by atoms with van der Waals surface area (Å²) in [7, 11) is 0. The molecule has 0 aliphatic carbocycles. The van der Waals surface area contributed by atoms with E-state index in [2.05, 4.69) is 20.5 Å². The number of H-pyrrole nitrogens is 1. The zero-order valence-electron chi connectivity index (χ0n) is 9.17. The van der Waals surface area contributed by atoms with Crippen molar-refractivity contribution < 1.29 is 4.92 Å². The second-order valence-electron chi connectivity index (χ2n) is 3.54. The van der Waals surface area contributed by atoms with Crippen LogP contribution in [0.4, 0.5) is 11.4 Å². The average molecular weight is 233 g/mol. The molecule has 17 heavy (non-hydrogen) atoms. The number of aromatic nitrogens is 3. The Labute approximate surface area is 97.0 Å². The maximum absolute atomic E-state index is 10.6. The first kappa shape index (κ1) is 11.1. The maximum atomic E-state index is 10.6. The summed E-state index contributed by atoms with van der Waals surface area (Å²) in [5.74, 6) is 0.709. The summed E-state index contributed by atoms with van der Waals surface area (Å²) >= 11 is 0. The van der Waals surface area contributed by atoms with Crippen LogP contribution in [0.1, 0.15) is 11.4 Å². The molecule has 0 saturated heterocycles. The van der Waals surface area contributed by atoms with Crippen LogP contribution in [0.15, 0.2) is 24.5 Å². The van der Waals surface area contributed by atoms with Crippen LogP contribution in [0.5, 0.6) is 0 Å². The van der Waals surface area contributed by atoms with Gasteiger partial charge < -0.3 is 5.32 Å². The van der Waals surface area contributed by atoms with Gasteiger partial charge in [0.15, 0.2) is 0 Å². The van der Waals surface area contributed by atoms with Gasteiger partial charge in [0.2, 0.25) is 0 Å². The SMILES string of the molecule is Cc1cc(NCc2ncn[nH]2)ccc1[N+](=O)[O-]. The molecule has 0 aliphatic rings. The number of anilines is 1. The number of aryl methyl sites for hydroxylation is 1. The Hall–Kier alpha value is -2.44. The van der Waals surface area contributed by atoms with Crippen LogP contribution in [0.3, 0.4) is 0 Å². The predicted molar refractivity (Wildman–Crippen MR) is 61.5 cm³/mol. The number of nitrogens with one attached hydrogen (secondary N) is 2. The minimum absolute atomic E-state index is 0.121. The van der Waals surface area contributed by atoms with Gasteiger partial charge in [-0.25, -0.2) is 4.98 Å². The summed E-state index contributed by atoms with van der Waals surface area (Å²) in [5, 5.41) is 20.2. The summed E-state index contributed by atoms with van der Waals surface area (Å²) < 4.78 is 0. The summed E-state index contributed by atoms with van der Waals surface area (Å²) in [6.45, 7) is 2.20.